The van der Waals surface area contributed by atoms with Crippen molar-refractivity contribution in [3.05, 3.63) is 45.9 Å². The Morgan fingerprint density at radius 1 is 1.18 bits per heavy atom. The fourth-order valence-electron chi connectivity index (χ4n) is 6.01. The summed E-state index contributed by atoms with van der Waals surface area (Å²) in [5.41, 5.74) is 2.06. The van der Waals surface area contributed by atoms with Crippen LogP contribution in [0, 0.1) is 23.1 Å². The Morgan fingerprint density at radius 2 is 1.97 bits per heavy atom. The van der Waals surface area contributed by atoms with Crippen LogP contribution in [-0.2, 0) is 11.2 Å². The van der Waals surface area contributed by atoms with Crippen LogP contribution >= 0.6 is 11.3 Å². The van der Waals surface area contributed by atoms with E-state index in [1.165, 1.54) is 17.4 Å². The summed E-state index contributed by atoms with van der Waals surface area (Å²) in [7, 11) is 0. The molecule has 1 aromatic heterocycles. The lowest BCUT2D eigenvalue weighted by Crippen LogP contribution is -2.50. The molecule has 1 aliphatic carbocycles. The molecule has 5 rings (SSSR count). The molecular formula is C29H36FN5O2S. The van der Waals surface area contributed by atoms with Gasteiger partial charge in [-0.2, -0.15) is 5.26 Å². The molecule has 0 spiro atoms. The largest absolute Gasteiger partial charge is 0.339 e. The smallest absolute Gasteiger partial charge is 0.264 e. The van der Waals surface area contributed by atoms with Crippen molar-refractivity contribution in [3.63, 3.8) is 0 Å². The van der Waals surface area contributed by atoms with Gasteiger partial charge >= 0.3 is 0 Å². The molecule has 2 N–H and O–H groups in total. The lowest BCUT2D eigenvalue weighted by atomic mass is 9.98. The number of benzene rings is 1. The summed E-state index contributed by atoms with van der Waals surface area (Å²) in [5, 5.41) is 17.7. The van der Waals surface area contributed by atoms with Gasteiger partial charge < -0.3 is 15.5 Å². The fourth-order valence-corrected chi connectivity index (χ4v) is 6.89. The molecule has 2 saturated heterocycles. The van der Waals surface area contributed by atoms with Gasteiger partial charge in [0.15, 0.2) is 0 Å². The molecule has 3 fully saturated rings. The van der Waals surface area contributed by atoms with Crippen LogP contribution < -0.4 is 10.6 Å². The second kappa shape index (κ2) is 11.5. The van der Waals surface area contributed by atoms with Gasteiger partial charge in [-0.25, -0.2) is 4.39 Å². The molecule has 3 heterocycles. The summed E-state index contributed by atoms with van der Waals surface area (Å²) < 4.78 is 15.0. The Labute approximate surface area is 228 Å². The molecule has 4 unspecified atom stereocenters. The maximum absolute atomic E-state index is 15.0. The zero-order chi connectivity index (χ0) is 26.8. The monoisotopic (exact) mass is 537 g/mol. The third-order valence-electron chi connectivity index (χ3n) is 8.35. The average Bonchev–Trinajstić information content (AvgIpc) is 3.69. The predicted molar refractivity (Wildman–Crippen MR) is 146 cm³/mol. The van der Waals surface area contributed by atoms with Crippen LogP contribution in [0.3, 0.4) is 0 Å². The van der Waals surface area contributed by atoms with E-state index in [0.29, 0.717) is 41.3 Å². The highest BCUT2D eigenvalue weighted by molar-refractivity contribution is 7.12. The van der Waals surface area contributed by atoms with Gasteiger partial charge in [0, 0.05) is 38.3 Å². The summed E-state index contributed by atoms with van der Waals surface area (Å²) in [4.78, 5) is 30.6. The number of fused-ring (bicyclic) bond motifs is 2. The number of aryl methyl sites for hydroxylation is 1. The first-order valence-electron chi connectivity index (χ1n) is 13.7. The van der Waals surface area contributed by atoms with Crippen molar-refractivity contribution in [1.82, 2.24) is 20.4 Å². The van der Waals surface area contributed by atoms with Crippen LogP contribution in [-0.4, -0.2) is 72.0 Å². The molecular weight excluding hydrogens is 501 g/mol. The van der Waals surface area contributed by atoms with Crippen molar-refractivity contribution in [1.29, 1.82) is 5.26 Å². The quantitative estimate of drug-likeness (QED) is 0.535. The average molecular weight is 538 g/mol. The van der Waals surface area contributed by atoms with Gasteiger partial charge in [0.25, 0.3) is 5.91 Å². The van der Waals surface area contributed by atoms with Crippen LogP contribution in [0.1, 0.15) is 54.8 Å². The Bertz CT molecular complexity index is 1220. The zero-order valence-corrected chi connectivity index (χ0v) is 22.9. The minimum atomic E-state index is -0.657. The fraction of sp³-hybridized carbons (Fsp3) is 0.552. The summed E-state index contributed by atoms with van der Waals surface area (Å²) >= 11 is 1.39. The van der Waals surface area contributed by atoms with Crippen LogP contribution in [0.4, 0.5) is 4.39 Å². The van der Waals surface area contributed by atoms with Gasteiger partial charge in [0.1, 0.15) is 11.9 Å². The summed E-state index contributed by atoms with van der Waals surface area (Å²) in [6.07, 6.45) is 3.90. The number of piperidine rings is 1. The Balaban J connectivity index is 1.15. The molecule has 3 aliphatic rings. The normalized spacial score (nSPS) is 24.0. The van der Waals surface area contributed by atoms with E-state index in [-0.39, 0.29) is 23.7 Å². The van der Waals surface area contributed by atoms with E-state index >= 15 is 4.39 Å². The van der Waals surface area contributed by atoms with E-state index in [4.69, 9.17) is 0 Å². The minimum absolute atomic E-state index is 0.0342. The molecule has 4 atom stereocenters. The SMILES string of the molecule is CC(C)N1CCN(C(=O)c2cc(-c3ccc(CCC(C#N)NC(=O)C4NC5CCC4C5)c(F)c3)cs2)CC1. The van der Waals surface area contributed by atoms with E-state index in [0.717, 1.165) is 56.6 Å². The van der Waals surface area contributed by atoms with Gasteiger partial charge in [0.05, 0.1) is 17.0 Å². The molecule has 7 nitrogen and oxygen atoms in total. The number of carbonyl (C=O) groups is 2. The molecule has 1 aromatic carbocycles. The van der Waals surface area contributed by atoms with E-state index in [9.17, 15) is 14.9 Å². The molecule has 0 radical (unpaired) electrons. The van der Waals surface area contributed by atoms with Crippen molar-refractivity contribution in [2.45, 2.75) is 70.1 Å². The molecule has 2 bridgehead atoms. The number of piperazine rings is 1. The standard InChI is InChI=1S/C29H36FN5O2S/c1-18(2)34-9-11-35(12-10-34)29(37)26-15-22(17-38-26)20-4-3-19(25(30)14-20)5-8-24(16-31)33-28(36)27-21-6-7-23(13-21)32-27/h3-4,14-15,17-18,21,23-24,27,32H,5-13H2,1-2H3,(H,33,36). The van der Waals surface area contributed by atoms with Crippen molar-refractivity contribution >= 4 is 23.2 Å². The van der Waals surface area contributed by atoms with E-state index in [2.05, 4.69) is 35.5 Å². The van der Waals surface area contributed by atoms with Gasteiger partial charge in [-0.05, 0) is 86.1 Å². The maximum atomic E-state index is 15.0. The van der Waals surface area contributed by atoms with Gasteiger partial charge in [0.2, 0.25) is 5.91 Å². The molecule has 38 heavy (non-hydrogen) atoms. The maximum Gasteiger partial charge on any atom is 0.264 e. The number of rotatable bonds is 8. The van der Waals surface area contributed by atoms with Gasteiger partial charge in [-0.1, -0.05) is 12.1 Å². The number of nitrogens with one attached hydrogen (secondary N) is 2. The van der Waals surface area contributed by atoms with Gasteiger partial charge in [-0.15, -0.1) is 11.3 Å². The van der Waals surface area contributed by atoms with Crippen LogP contribution in [0.2, 0.25) is 0 Å². The van der Waals surface area contributed by atoms with Crippen molar-refractivity contribution in [3.8, 4) is 17.2 Å². The Hall–Kier alpha value is -2.80. The Kier molecular flexibility index (Phi) is 8.12. The highest BCUT2D eigenvalue weighted by Gasteiger charge is 2.43. The molecule has 2 amide bonds. The number of amides is 2. The number of nitrogens with zero attached hydrogens (tertiary/aromatic N) is 3. The topological polar surface area (TPSA) is 88.5 Å². The number of halogens is 1. The van der Waals surface area contributed by atoms with Crippen molar-refractivity contribution in [2.75, 3.05) is 26.2 Å². The Morgan fingerprint density at radius 3 is 2.61 bits per heavy atom. The minimum Gasteiger partial charge on any atom is -0.339 e. The first-order chi connectivity index (χ1) is 18.3. The predicted octanol–water partition coefficient (Wildman–Crippen LogP) is 3.80. The third-order valence-corrected chi connectivity index (χ3v) is 9.26. The van der Waals surface area contributed by atoms with Gasteiger partial charge in [-0.3, -0.25) is 14.5 Å². The van der Waals surface area contributed by atoms with Crippen LogP contribution in [0.25, 0.3) is 11.1 Å². The van der Waals surface area contributed by atoms with Crippen molar-refractivity contribution in [2.24, 2.45) is 5.92 Å². The lowest BCUT2D eigenvalue weighted by molar-refractivity contribution is -0.124. The van der Waals surface area contributed by atoms with Crippen molar-refractivity contribution < 1.29 is 14.0 Å². The summed E-state index contributed by atoms with van der Waals surface area (Å²) in [6, 6.07) is 9.12. The van der Waals surface area contributed by atoms with Crippen LogP contribution in [0.15, 0.2) is 29.6 Å². The number of carbonyl (C=O) groups excluding carboxylic acids is 2. The van der Waals surface area contributed by atoms with E-state index < -0.39 is 6.04 Å². The molecule has 1 saturated carbocycles. The van der Waals surface area contributed by atoms with E-state index in [1.807, 2.05) is 22.4 Å². The number of thiophene rings is 1. The zero-order valence-electron chi connectivity index (χ0n) is 22.1. The summed E-state index contributed by atoms with van der Waals surface area (Å²) in [5.74, 6) is -0.0762. The number of hydrogen-bond acceptors (Lipinski definition) is 6. The number of nitriles is 1. The molecule has 9 heteroatoms. The molecule has 202 valence electrons. The third kappa shape index (κ3) is 5.78. The summed E-state index contributed by atoms with van der Waals surface area (Å²) in [6.45, 7) is 7.54. The van der Waals surface area contributed by atoms with Crippen LogP contribution in [0.5, 0.6) is 0 Å². The number of hydrogen-bond donors (Lipinski definition) is 2. The van der Waals surface area contributed by atoms with E-state index in [1.54, 1.807) is 6.07 Å². The highest BCUT2D eigenvalue weighted by atomic mass is 32.1. The highest BCUT2D eigenvalue weighted by Crippen LogP contribution is 2.35. The lowest BCUT2D eigenvalue weighted by Gasteiger charge is -2.36. The first-order valence-corrected chi connectivity index (χ1v) is 14.6. The molecule has 2 aromatic rings. The first kappa shape index (κ1) is 26.8. The second-order valence-electron chi connectivity index (χ2n) is 11.1. The second-order valence-corrected chi connectivity index (χ2v) is 12.0. The molecule has 2 aliphatic heterocycles.